The number of ether oxygens (including phenoxy) is 3. The monoisotopic (exact) mass is 544 g/mol. The minimum absolute atomic E-state index is 0.397. The molecular weight excluding hydrogens is 516 g/mol. The maximum absolute atomic E-state index is 12.7. The Hall–Kier alpha value is -5.43. The molecule has 0 saturated carbocycles. The van der Waals surface area contributed by atoms with E-state index in [-0.39, 0.29) is 0 Å². The van der Waals surface area contributed by atoms with Crippen LogP contribution in [0.2, 0.25) is 0 Å². The van der Waals surface area contributed by atoms with Gasteiger partial charge in [-0.15, -0.1) is 0 Å². The number of benzene rings is 5. The molecule has 0 bridgehead atoms. The average molecular weight is 545 g/mol. The summed E-state index contributed by atoms with van der Waals surface area (Å²) in [7, 11) is 0. The highest BCUT2D eigenvalue weighted by atomic mass is 16.5. The summed E-state index contributed by atoms with van der Waals surface area (Å²) >= 11 is 0. The van der Waals surface area contributed by atoms with E-state index in [1.54, 1.807) is 61.5 Å². The molecule has 1 N–H and O–H groups in total. The highest BCUT2D eigenvalue weighted by Gasteiger charge is 2.14. The zero-order valence-corrected chi connectivity index (χ0v) is 22.4. The van der Waals surface area contributed by atoms with E-state index in [2.05, 4.69) is 10.5 Å². The fourth-order valence-corrected chi connectivity index (χ4v) is 4.06. The zero-order chi connectivity index (χ0) is 28.4. The number of rotatable bonds is 10. The number of hydrazone groups is 1. The van der Waals surface area contributed by atoms with Crippen LogP contribution in [0.5, 0.6) is 17.2 Å². The second kappa shape index (κ2) is 13.1. The van der Waals surface area contributed by atoms with Gasteiger partial charge in [0, 0.05) is 0 Å². The van der Waals surface area contributed by atoms with Gasteiger partial charge in [0.05, 0.1) is 11.8 Å². The van der Waals surface area contributed by atoms with Crippen LogP contribution in [0.3, 0.4) is 0 Å². The Morgan fingerprint density at radius 1 is 0.756 bits per heavy atom. The number of carbonyl (C=O) groups is 2. The zero-order valence-electron chi connectivity index (χ0n) is 22.4. The fourth-order valence-electron chi connectivity index (χ4n) is 4.06. The molecule has 7 nitrogen and oxygen atoms in total. The highest BCUT2D eigenvalue weighted by Crippen LogP contribution is 2.22. The van der Waals surface area contributed by atoms with Crippen molar-refractivity contribution < 1.29 is 23.8 Å². The van der Waals surface area contributed by atoms with Crippen molar-refractivity contribution in [1.29, 1.82) is 0 Å². The highest BCUT2D eigenvalue weighted by molar-refractivity contribution is 6.05. The third-order valence-electron chi connectivity index (χ3n) is 6.24. The Morgan fingerprint density at radius 2 is 1.41 bits per heavy atom. The summed E-state index contributed by atoms with van der Waals surface area (Å²) in [6, 6.07) is 37.0. The van der Waals surface area contributed by atoms with Crippen LogP contribution in [0.4, 0.5) is 0 Å². The van der Waals surface area contributed by atoms with Gasteiger partial charge in [-0.3, -0.25) is 4.79 Å². The lowest BCUT2D eigenvalue weighted by Gasteiger charge is -2.13. The van der Waals surface area contributed by atoms with E-state index >= 15 is 0 Å². The second-order valence-corrected chi connectivity index (χ2v) is 9.23. The summed E-state index contributed by atoms with van der Waals surface area (Å²) in [5.74, 6) is 0.822. The summed E-state index contributed by atoms with van der Waals surface area (Å²) in [6.07, 6.45) is 0.735. The van der Waals surface area contributed by atoms with E-state index in [0.29, 0.717) is 29.4 Å². The Labute approximate surface area is 238 Å². The van der Waals surface area contributed by atoms with Crippen LogP contribution in [-0.4, -0.2) is 24.2 Å². The fraction of sp³-hybridized carbons (Fsp3) is 0.0882. The van der Waals surface area contributed by atoms with Crippen LogP contribution in [0, 0.1) is 0 Å². The molecule has 0 radical (unpaired) electrons. The first-order valence-corrected chi connectivity index (χ1v) is 13.1. The van der Waals surface area contributed by atoms with Gasteiger partial charge in [-0.05, 0) is 83.4 Å². The summed E-state index contributed by atoms with van der Waals surface area (Å²) in [5.41, 5.74) is 4.78. The van der Waals surface area contributed by atoms with E-state index < -0.39 is 18.0 Å². The molecule has 5 aromatic rings. The molecule has 0 unspecified atom stereocenters. The number of nitrogens with zero attached hydrogens (tertiary/aromatic N) is 1. The van der Waals surface area contributed by atoms with Crippen molar-refractivity contribution in [1.82, 2.24) is 5.43 Å². The number of hydrogen-bond donors (Lipinski definition) is 1. The molecular formula is C34H28N2O5. The van der Waals surface area contributed by atoms with Crippen LogP contribution in [0.1, 0.15) is 28.4 Å². The molecule has 0 aliphatic carbocycles. The van der Waals surface area contributed by atoms with E-state index in [0.717, 1.165) is 21.9 Å². The Kier molecular flexibility index (Phi) is 8.66. The van der Waals surface area contributed by atoms with Gasteiger partial charge in [0.15, 0.2) is 6.10 Å². The molecule has 7 heteroatoms. The molecule has 0 spiro atoms. The lowest BCUT2D eigenvalue weighted by atomic mass is 10.0. The predicted octanol–water partition coefficient (Wildman–Crippen LogP) is 6.56. The van der Waals surface area contributed by atoms with Crippen molar-refractivity contribution in [3.8, 4) is 17.2 Å². The molecule has 1 atom stereocenters. The van der Waals surface area contributed by atoms with Crippen LogP contribution in [0.15, 0.2) is 126 Å². The van der Waals surface area contributed by atoms with Crippen LogP contribution in [0.25, 0.3) is 10.8 Å². The first-order chi connectivity index (χ1) is 20.0. The first kappa shape index (κ1) is 27.1. The summed E-state index contributed by atoms with van der Waals surface area (Å²) in [6.45, 7) is 2.11. The molecule has 41 heavy (non-hydrogen) atoms. The van der Waals surface area contributed by atoms with E-state index in [1.165, 1.54) is 6.21 Å². The number of carbonyl (C=O) groups excluding carboxylic acids is 2. The van der Waals surface area contributed by atoms with Crippen molar-refractivity contribution in [2.24, 2.45) is 5.10 Å². The molecule has 1 amide bonds. The number of hydrogen-bond acceptors (Lipinski definition) is 6. The van der Waals surface area contributed by atoms with Crippen molar-refractivity contribution in [3.05, 3.63) is 138 Å². The van der Waals surface area contributed by atoms with E-state index in [4.69, 9.17) is 14.2 Å². The number of amides is 1. The topological polar surface area (TPSA) is 86.2 Å². The maximum Gasteiger partial charge on any atom is 0.344 e. The van der Waals surface area contributed by atoms with Gasteiger partial charge in [0.1, 0.15) is 23.9 Å². The molecule has 0 heterocycles. The number of nitrogens with one attached hydrogen (secondary N) is 1. The normalized spacial score (nSPS) is 11.6. The third kappa shape index (κ3) is 7.36. The van der Waals surface area contributed by atoms with Gasteiger partial charge in [0.2, 0.25) is 0 Å². The van der Waals surface area contributed by atoms with Gasteiger partial charge < -0.3 is 14.2 Å². The smallest absolute Gasteiger partial charge is 0.344 e. The molecule has 5 rings (SSSR count). The van der Waals surface area contributed by atoms with Crippen molar-refractivity contribution >= 4 is 28.9 Å². The predicted molar refractivity (Wildman–Crippen MR) is 158 cm³/mol. The van der Waals surface area contributed by atoms with Crippen LogP contribution < -0.4 is 19.6 Å². The van der Waals surface area contributed by atoms with Crippen LogP contribution in [-0.2, 0) is 11.4 Å². The van der Waals surface area contributed by atoms with Gasteiger partial charge in [-0.2, -0.15) is 5.10 Å². The lowest BCUT2D eigenvalue weighted by Crippen LogP contribution is -2.33. The van der Waals surface area contributed by atoms with E-state index in [9.17, 15) is 9.59 Å². The third-order valence-corrected chi connectivity index (χ3v) is 6.24. The molecule has 0 aromatic heterocycles. The van der Waals surface area contributed by atoms with E-state index in [1.807, 2.05) is 66.7 Å². The summed E-state index contributed by atoms with van der Waals surface area (Å²) < 4.78 is 17.1. The number of esters is 1. The van der Waals surface area contributed by atoms with Crippen molar-refractivity contribution in [2.75, 3.05) is 0 Å². The van der Waals surface area contributed by atoms with Crippen LogP contribution >= 0.6 is 0 Å². The minimum Gasteiger partial charge on any atom is -0.489 e. The lowest BCUT2D eigenvalue weighted by molar-refractivity contribution is -0.127. The molecule has 0 saturated heterocycles. The quantitative estimate of drug-likeness (QED) is 0.0932. The average Bonchev–Trinajstić information content (AvgIpc) is 3.01. The number of fused-ring (bicyclic) bond motifs is 1. The van der Waals surface area contributed by atoms with Gasteiger partial charge >= 0.3 is 5.97 Å². The van der Waals surface area contributed by atoms with Gasteiger partial charge in [-0.1, -0.05) is 66.7 Å². The van der Waals surface area contributed by atoms with Gasteiger partial charge in [0.25, 0.3) is 5.91 Å². The van der Waals surface area contributed by atoms with Gasteiger partial charge in [-0.25, -0.2) is 10.2 Å². The largest absolute Gasteiger partial charge is 0.489 e. The molecule has 0 aliphatic rings. The van der Waals surface area contributed by atoms with Crippen molar-refractivity contribution in [3.63, 3.8) is 0 Å². The SMILES string of the molecule is C[C@H](Oc1ccc(OCc2ccccc2)cc1)C(=O)N/N=C\c1ccc(OC(=O)c2cccc3ccccc23)cc1. The summed E-state index contributed by atoms with van der Waals surface area (Å²) in [5, 5.41) is 5.82. The molecule has 5 aromatic carbocycles. The summed E-state index contributed by atoms with van der Waals surface area (Å²) in [4.78, 5) is 25.2. The molecule has 204 valence electrons. The van der Waals surface area contributed by atoms with Crippen molar-refractivity contribution in [2.45, 2.75) is 19.6 Å². The Balaban J connectivity index is 1.08. The standard InChI is InChI=1S/C34H28N2O5/c1-24(40-29-20-18-28(19-21-29)39-23-26-8-3-2-4-9-26)33(37)36-35-22-25-14-16-30(17-15-25)41-34(38)32-13-7-11-27-10-5-6-12-31(27)32/h2-22,24H,23H2,1H3,(H,36,37)/b35-22-/t24-/m0/s1. The maximum atomic E-state index is 12.7. The first-order valence-electron chi connectivity index (χ1n) is 13.1. The molecule has 0 fully saturated rings. The Bertz CT molecular complexity index is 1640. The molecule has 0 aliphatic heterocycles. The second-order valence-electron chi connectivity index (χ2n) is 9.23. The minimum atomic E-state index is -0.765. The Morgan fingerprint density at radius 3 is 2.20 bits per heavy atom.